The van der Waals surface area contributed by atoms with Crippen molar-refractivity contribution in [1.82, 2.24) is 0 Å². The molecule has 0 spiro atoms. The van der Waals surface area contributed by atoms with Crippen molar-refractivity contribution in [2.75, 3.05) is 6.54 Å². The Labute approximate surface area is 63.5 Å². The predicted octanol–water partition coefficient (Wildman–Crippen LogP) is 2.51. The minimum absolute atomic E-state index is 0.839. The van der Waals surface area contributed by atoms with E-state index in [0.717, 1.165) is 18.4 Å². The fraction of sp³-hybridized carbons (Fsp3) is 0.889. The lowest BCUT2D eigenvalue weighted by Crippen LogP contribution is -2.18. The van der Waals surface area contributed by atoms with Crippen LogP contribution in [0.2, 0.25) is 0 Å². The van der Waals surface area contributed by atoms with Crippen molar-refractivity contribution in [2.24, 2.45) is 16.8 Å². The van der Waals surface area contributed by atoms with Gasteiger partial charge in [-0.25, -0.2) is 0 Å². The van der Waals surface area contributed by atoms with Crippen LogP contribution in [0.15, 0.2) is 4.99 Å². The van der Waals surface area contributed by atoms with E-state index in [1.807, 2.05) is 0 Å². The molecule has 1 saturated carbocycles. The topological polar surface area (TPSA) is 12.4 Å². The zero-order chi connectivity index (χ0) is 7.40. The van der Waals surface area contributed by atoms with E-state index in [0.29, 0.717) is 0 Å². The second-order valence-corrected chi connectivity index (χ2v) is 3.43. The van der Waals surface area contributed by atoms with Gasteiger partial charge in [0.05, 0.1) is 0 Å². The third kappa shape index (κ3) is 1.83. The maximum atomic E-state index is 3.96. The summed E-state index contributed by atoms with van der Waals surface area (Å²) in [6.45, 7) is 6.87. The summed E-state index contributed by atoms with van der Waals surface area (Å²) in [7, 11) is 0. The van der Waals surface area contributed by atoms with E-state index in [9.17, 15) is 0 Å². The van der Waals surface area contributed by atoms with Crippen LogP contribution in [0.1, 0.15) is 32.6 Å². The normalized spacial score (nSPS) is 33.7. The Bertz CT molecular complexity index is 109. The van der Waals surface area contributed by atoms with E-state index >= 15 is 0 Å². The third-order valence-electron chi connectivity index (χ3n) is 2.65. The second kappa shape index (κ2) is 3.75. The SMILES string of the molecule is C=NCC1CCCCC1C. The van der Waals surface area contributed by atoms with Crippen LogP contribution in [-0.2, 0) is 0 Å². The minimum Gasteiger partial charge on any atom is -0.301 e. The summed E-state index contributed by atoms with van der Waals surface area (Å²) in [5, 5.41) is 0. The van der Waals surface area contributed by atoms with Crippen molar-refractivity contribution in [3.8, 4) is 0 Å². The number of rotatable bonds is 2. The molecule has 0 aliphatic heterocycles. The molecule has 1 fully saturated rings. The molecule has 2 atom stereocenters. The lowest BCUT2D eigenvalue weighted by molar-refractivity contribution is 0.264. The molecule has 1 nitrogen and oxygen atoms in total. The molecule has 58 valence electrons. The van der Waals surface area contributed by atoms with Crippen LogP contribution in [0.5, 0.6) is 0 Å². The summed E-state index contributed by atoms with van der Waals surface area (Å²) in [4.78, 5) is 3.96. The first-order valence-corrected chi connectivity index (χ1v) is 4.27. The summed E-state index contributed by atoms with van der Waals surface area (Å²) < 4.78 is 0. The standard InChI is InChI=1S/C9H17N/c1-8-5-3-4-6-9(8)7-10-2/h8-9H,2-7H2,1H3. The van der Waals surface area contributed by atoms with Crippen molar-refractivity contribution in [3.05, 3.63) is 0 Å². The molecule has 1 aliphatic rings. The van der Waals surface area contributed by atoms with Crippen LogP contribution >= 0.6 is 0 Å². The molecule has 0 saturated heterocycles. The highest BCUT2D eigenvalue weighted by atomic mass is 14.7. The number of hydrogen-bond acceptors (Lipinski definition) is 1. The lowest BCUT2D eigenvalue weighted by Gasteiger charge is -2.26. The maximum Gasteiger partial charge on any atom is 0.0412 e. The zero-order valence-corrected chi connectivity index (χ0v) is 6.84. The van der Waals surface area contributed by atoms with Crippen LogP contribution in [0.4, 0.5) is 0 Å². The molecule has 10 heavy (non-hydrogen) atoms. The quantitative estimate of drug-likeness (QED) is 0.521. The predicted molar refractivity (Wildman–Crippen MR) is 45.5 cm³/mol. The van der Waals surface area contributed by atoms with E-state index in [-0.39, 0.29) is 0 Å². The summed E-state index contributed by atoms with van der Waals surface area (Å²) in [5.74, 6) is 1.73. The molecule has 1 rings (SSSR count). The minimum atomic E-state index is 0.839. The molecule has 0 aromatic rings. The fourth-order valence-electron chi connectivity index (χ4n) is 1.83. The van der Waals surface area contributed by atoms with Gasteiger partial charge in [-0.05, 0) is 25.0 Å². The summed E-state index contributed by atoms with van der Waals surface area (Å²) in [6.07, 6.45) is 5.61. The average Bonchev–Trinajstić information content (AvgIpc) is 1.94. The van der Waals surface area contributed by atoms with Crippen molar-refractivity contribution in [3.63, 3.8) is 0 Å². The van der Waals surface area contributed by atoms with E-state index in [2.05, 4.69) is 18.6 Å². The smallest absolute Gasteiger partial charge is 0.0412 e. The highest BCUT2D eigenvalue weighted by Gasteiger charge is 2.19. The Morgan fingerprint density at radius 1 is 1.40 bits per heavy atom. The van der Waals surface area contributed by atoms with Gasteiger partial charge >= 0.3 is 0 Å². The molecule has 0 amide bonds. The van der Waals surface area contributed by atoms with Gasteiger partial charge in [0.1, 0.15) is 0 Å². The summed E-state index contributed by atoms with van der Waals surface area (Å²) in [5.41, 5.74) is 0. The van der Waals surface area contributed by atoms with Crippen LogP contribution in [0, 0.1) is 11.8 Å². The zero-order valence-electron chi connectivity index (χ0n) is 6.84. The van der Waals surface area contributed by atoms with Crippen LogP contribution in [-0.4, -0.2) is 13.3 Å². The Balaban J connectivity index is 2.32. The monoisotopic (exact) mass is 139 g/mol. The molecule has 1 aliphatic carbocycles. The van der Waals surface area contributed by atoms with Gasteiger partial charge in [-0.1, -0.05) is 26.2 Å². The van der Waals surface area contributed by atoms with Gasteiger partial charge < -0.3 is 4.99 Å². The highest BCUT2D eigenvalue weighted by Crippen LogP contribution is 2.29. The van der Waals surface area contributed by atoms with E-state index in [1.54, 1.807) is 0 Å². The number of hydrogen-bond donors (Lipinski definition) is 0. The largest absolute Gasteiger partial charge is 0.301 e. The Hall–Kier alpha value is -0.330. The summed E-state index contributed by atoms with van der Waals surface area (Å²) >= 11 is 0. The summed E-state index contributed by atoms with van der Waals surface area (Å²) in [6, 6.07) is 0. The highest BCUT2D eigenvalue weighted by molar-refractivity contribution is 5.23. The van der Waals surface area contributed by atoms with Gasteiger partial charge in [-0.15, -0.1) is 0 Å². The van der Waals surface area contributed by atoms with Crippen molar-refractivity contribution >= 4 is 6.72 Å². The number of aliphatic imine (C=N–C) groups is 1. The molecule has 0 heterocycles. The molecular formula is C9H17N. The lowest BCUT2D eigenvalue weighted by atomic mass is 9.80. The maximum absolute atomic E-state index is 3.96. The van der Waals surface area contributed by atoms with Crippen LogP contribution < -0.4 is 0 Å². The molecule has 1 heteroatoms. The first-order valence-electron chi connectivity index (χ1n) is 4.27. The third-order valence-corrected chi connectivity index (χ3v) is 2.65. The second-order valence-electron chi connectivity index (χ2n) is 3.43. The Morgan fingerprint density at radius 2 is 2.10 bits per heavy atom. The molecule has 0 radical (unpaired) electrons. The Kier molecular flexibility index (Phi) is 2.91. The van der Waals surface area contributed by atoms with Gasteiger partial charge in [-0.2, -0.15) is 0 Å². The number of nitrogens with zero attached hydrogens (tertiary/aromatic N) is 1. The first-order chi connectivity index (χ1) is 4.84. The molecular weight excluding hydrogens is 122 g/mol. The van der Waals surface area contributed by atoms with Gasteiger partial charge in [0, 0.05) is 6.54 Å². The van der Waals surface area contributed by atoms with E-state index < -0.39 is 0 Å². The van der Waals surface area contributed by atoms with Gasteiger partial charge in [0.2, 0.25) is 0 Å². The van der Waals surface area contributed by atoms with E-state index in [4.69, 9.17) is 0 Å². The molecule has 0 N–H and O–H groups in total. The van der Waals surface area contributed by atoms with Gasteiger partial charge in [0.25, 0.3) is 0 Å². The first kappa shape index (κ1) is 7.77. The average molecular weight is 139 g/mol. The van der Waals surface area contributed by atoms with Crippen molar-refractivity contribution in [2.45, 2.75) is 32.6 Å². The molecule has 0 aromatic heterocycles. The van der Waals surface area contributed by atoms with Crippen LogP contribution in [0.3, 0.4) is 0 Å². The van der Waals surface area contributed by atoms with Crippen molar-refractivity contribution < 1.29 is 0 Å². The molecule has 0 bridgehead atoms. The van der Waals surface area contributed by atoms with Gasteiger partial charge in [-0.3, -0.25) is 0 Å². The molecule has 2 unspecified atom stereocenters. The molecule has 0 aromatic carbocycles. The Morgan fingerprint density at radius 3 is 2.70 bits per heavy atom. The van der Waals surface area contributed by atoms with Crippen molar-refractivity contribution in [1.29, 1.82) is 0 Å². The van der Waals surface area contributed by atoms with Crippen LogP contribution in [0.25, 0.3) is 0 Å². The fourth-order valence-corrected chi connectivity index (χ4v) is 1.83. The van der Waals surface area contributed by atoms with E-state index in [1.165, 1.54) is 25.7 Å². The van der Waals surface area contributed by atoms with Gasteiger partial charge in [0.15, 0.2) is 0 Å².